The van der Waals surface area contributed by atoms with Crippen molar-refractivity contribution in [3.05, 3.63) is 77.2 Å². The molecule has 0 unspecified atom stereocenters. The molecule has 3 heterocycles. The third-order valence-electron chi connectivity index (χ3n) is 5.39. The van der Waals surface area contributed by atoms with E-state index in [0.29, 0.717) is 15.9 Å². The van der Waals surface area contributed by atoms with E-state index in [1.165, 1.54) is 5.69 Å². The number of aromatic nitrogens is 2. The molecule has 0 bridgehead atoms. The summed E-state index contributed by atoms with van der Waals surface area (Å²) in [6, 6.07) is 17.9. The monoisotopic (exact) mass is 480 g/mol. The molecule has 0 atom stereocenters. The topological polar surface area (TPSA) is 67.4 Å². The van der Waals surface area contributed by atoms with Crippen molar-refractivity contribution in [1.29, 1.82) is 0 Å². The number of nitrogens with one attached hydrogen (secondary N) is 1. The standard InChI is InChI=1S/C24H20Cl2N4O.CH2O/c25-19-3-1-2-4-21(19)29-22-14-17(15-28-24(22)26)16-5-6-20-18(13-16)23(7-8-27-20)30-9-11-31-12-10-30;1-2/h1-8,13-15,29H,9-12H2;1H2. The number of ether oxygens (including phenoxy) is 1. The summed E-state index contributed by atoms with van der Waals surface area (Å²) in [7, 11) is 0. The lowest BCUT2D eigenvalue weighted by atomic mass is 10.0. The average molecular weight is 481 g/mol. The van der Waals surface area contributed by atoms with Gasteiger partial charge in [-0.1, -0.05) is 41.4 Å². The number of anilines is 3. The molecule has 0 saturated carbocycles. The largest absolute Gasteiger partial charge is 0.378 e. The van der Waals surface area contributed by atoms with Gasteiger partial charge in [-0.2, -0.15) is 0 Å². The Bertz CT molecular complexity index is 1260. The van der Waals surface area contributed by atoms with E-state index in [4.69, 9.17) is 32.7 Å². The first-order valence-electron chi connectivity index (χ1n) is 10.4. The number of morpholine rings is 1. The lowest BCUT2D eigenvalue weighted by molar-refractivity contribution is -0.0979. The Labute approximate surface area is 202 Å². The van der Waals surface area contributed by atoms with Gasteiger partial charge in [0.05, 0.1) is 35.1 Å². The van der Waals surface area contributed by atoms with Crippen LogP contribution < -0.4 is 10.2 Å². The molecule has 1 aliphatic heterocycles. The minimum atomic E-state index is 0.389. The quantitative estimate of drug-likeness (QED) is 0.361. The summed E-state index contributed by atoms with van der Waals surface area (Å²) in [5.74, 6) is 0. The highest BCUT2D eigenvalue weighted by Gasteiger charge is 2.15. The Balaban J connectivity index is 0.00000126. The van der Waals surface area contributed by atoms with Crippen molar-refractivity contribution in [3.8, 4) is 11.1 Å². The Morgan fingerprint density at radius 2 is 1.70 bits per heavy atom. The Kier molecular flexibility index (Phi) is 7.40. The Morgan fingerprint density at radius 3 is 2.48 bits per heavy atom. The smallest absolute Gasteiger partial charge is 0.152 e. The van der Waals surface area contributed by atoms with Gasteiger partial charge >= 0.3 is 0 Å². The van der Waals surface area contributed by atoms with Crippen molar-refractivity contribution in [2.75, 3.05) is 36.5 Å². The lowest BCUT2D eigenvalue weighted by Crippen LogP contribution is -2.36. The number of carbonyl (C=O) groups excluding carboxylic acids is 1. The van der Waals surface area contributed by atoms with Crippen molar-refractivity contribution in [2.24, 2.45) is 0 Å². The first-order valence-corrected chi connectivity index (χ1v) is 11.1. The van der Waals surface area contributed by atoms with Crippen LogP contribution in [0, 0.1) is 0 Å². The molecule has 1 fully saturated rings. The van der Waals surface area contributed by atoms with E-state index < -0.39 is 0 Å². The molecule has 0 aliphatic carbocycles. The minimum Gasteiger partial charge on any atom is -0.378 e. The molecular formula is C25H22Cl2N4O2. The van der Waals surface area contributed by atoms with Crippen LogP contribution in [0.25, 0.3) is 22.0 Å². The maximum absolute atomic E-state index is 8.00. The number of hydrogen-bond acceptors (Lipinski definition) is 6. The summed E-state index contributed by atoms with van der Waals surface area (Å²) in [4.78, 5) is 19.3. The second-order valence-corrected chi connectivity index (χ2v) is 8.09. The van der Waals surface area contributed by atoms with E-state index in [1.807, 2.05) is 49.4 Å². The molecule has 1 aliphatic rings. The second-order valence-electron chi connectivity index (χ2n) is 7.33. The van der Waals surface area contributed by atoms with Crippen LogP contribution in [-0.4, -0.2) is 43.1 Å². The van der Waals surface area contributed by atoms with Gasteiger partial charge in [-0.25, -0.2) is 4.98 Å². The maximum atomic E-state index is 8.00. The molecule has 1 saturated heterocycles. The number of fused-ring (bicyclic) bond motifs is 1. The molecule has 2 aromatic carbocycles. The zero-order valence-corrected chi connectivity index (χ0v) is 19.3. The molecule has 5 rings (SSSR count). The normalized spacial score (nSPS) is 13.3. The van der Waals surface area contributed by atoms with E-state index in [2.05, 4.69) is 38.4 Å². The number of para-hydroxylation sites is 1. The minimum absolute atomic E-state index is 0.389. The molecule has 4 aromatic rings. The highest BCUT2D eigenvalue weighted by molar-refractivity contribution is 6.34. The summed E-state index contributed by atoms with van der Waals surface area (Å²) in [5, 5.41) is 5.41. The van der Waals surface area contributed by atoms with Crippen LogP contribution >= 0.6 is 23.2 Å². The van der Waals surface area contributed by atoms with Crippen LogP contribution in [0.15, 0.2) is 67.0 Å². The number of rotatable bonds is 4. The van der Waals surface area contributed by atoms with Gasteiger partial charge in [0, 0.05) is 42.1 Å². The van der Waals surface area contributed by atoms with Crippen molar-refractivity contribution in [3.63, 3.8) is 0 Å². The number of carbonyl (C=O) groups is 1. The number of hydrogen-bond donors (Lipinski definition) is 1. The Morgan fingerprint density at radius 1 is 0.909 bits per heavy atom. The van der Waals surface area contributed by atoms with Crippen LogP contribution in [0.4, 0.5) is 17.1 Å². The van der Waals surface area contributed by atoms with Gasteiger partial charge < -0.3 is 19.7 Å². The molecule has 6 nitrogen and oxygen atoms in total. The summed E-state index contributed by atoms with van der Waals surface area (Å²) in [5.41, 5.74) is 5.61. The van der Waals surface area contributed by atoms with Crippen LogP contribution in [0.5, 0.6) is 0 Å². The molecule has 2 aromatic heterocycles. The SMILES string of the molecule is C=O.Clc1ccccc1Nc1cc(-c2ccc3nccc(N4CCOCC4)c3c2)cnc1Cl. The van der Waals surface area contributed by atoms with E-state index in [-0.39, 0.29) is 0 Å². The first-order chi connectivity index (χ1) is 16.2. The third-order valence-corrected chi connectivity index (χ3v) is 6.02. The fourth-order valence-corrected chi connectivity index (χ4v) is 4.13. The first kappa shape index (κ1) is 23.0. The fraction of sp³-hybridized carbons (Fsp3) is 0.160. The van der Waals surface area contributed by atoms with Crippen LogP contribution in [0.2, 0.25) is 10.2 Å². The van der Waals surface area contributed by atoms with E-state index in [9.17, 15) is 0 Å². The van der Waals surface area contributed by atoms with E-state index >= 15 is 0 Å². The summed E-state index contributed by atoms with van der Waals surface area (Å²) in [6.45, 7) is 5.22. The van der Waals surface area contributed by atoms with Gasteiger partial charge in [-0.15, -0.1) is 0 Å². The van der Waals surface area contributed by atoms with E-state index in [1.54, 1.807) is 6.20 Å². The molecule has 168 valence electrons. The van der Waals surface area contributed by atoms with Gasteiger partial charge in [0.1, 0.15) is 6.79 Å². The summed E-state index contributed by atoms with van der Waals surface area (Å²) < 4.78 is 5.51. The number of nitrogens with zero attached hydrogens (tertiary/aromatic N) is 3. The number of pyridine rings is 2. The highest BCUT2D eigenvalue weighted by atomic mass is 35.5. The van der Waals surface area contributed by atoms with Crippen LogP contribution in [0.3, 0.4) is 0 Å². The van der Waals surface area contributed by atoms with Gasteiger partial charge in [-0.3, -0.25) is 4.98 Å². The third kappa shape index (κ3) is 5.09. The van der Waals surface area contributed by atoms with Crippen molar-refractivity contribution in [2.45, 2.75) is 0 Å². The average Bonchev–Trinajstić information content (AvgIpc) is 2.88. The van der Waals surface area contributed by atoms with Crippen LogP contribution in [-0.2, 0) is 9.53 Å². The molecule has 33 heavy (non-hydrogen) atoms. The van der Waals surface area contributed by atoms with Gasteiger partial charge in [0.2, 0.25) is 0 Å². The lowest BCUT2D eigenvalue weighted by Gasteiger charge is -2.29. The van der Waals surface area contributed by atoms with Crippen molar-refractivity contribution < 1.29 is 9.53 Å². The molecule has 0 spiro atoms. The van der Waals surface area contributed by atoms with Gasteiger partial charge in [0.15, 0.2) is 5.15 Å². The van der Waals surface area contributed by atoms with Gasteiger partial charge in [0.25, 0.3) is 0 Å². The Hall–Kier alpha value is -3.19. The summed E-state index contributed by atoms with van der Waals surface area (Å²) in [6.07, 6.45) is 3.65. The maximum Gasteiger partial charge on any atom is 0.152 e. The predicted octanol–water partition coefficient (Wildman–Crippen LogP) is 6.00. The zero-order chi connectivity index (χ0) is 23.2. The van der Waals surface area contributed by atoms with Crippen LogP contribution in [0.1, 0.15) is 0 Å². The number of benzene rings is 2. The molecular weight excluding hydrogens is 459 g/mol. The molecule has 0 amide bonds. The molecule has 0 radical (unpaired) electrons. The zero-order valence-electron chi connectivity index (χ0n) is 17.8. The molecule has 8 heteroatoms. The van der Waals surface area contributed by atoms with Gasteiger partial charge in [-0.05, 0) is 42.0 Å². The molecule has 1 N–H and O–H groups in total. The van der Waals surface area contributed by atoms with Crippen molar-refractivity contribution >= 4 is 58.0 Å². The fourth-order valence-electron chi connectivity index (χ4n) is 3.79. The van der Waals surface area contributed by atoms with Crippen molar-refractivity contribution in [1.82, 2.24) is 9.97 Å². The number of halogens is 2. The van der Waals surface area contributed by atoms with E-state index in [0.717, 1.165) is 54.0 Å². The highest BCUT2D eigenvalue weighted by Crippen LogP contribution is 2.34. The predicted molar refractivity (Wildman–Crippen MR) is 135 cm³/mol. The second kappa shape index (κ2) is 10.6. The summed E-state index contributed by atoms with van der Waals surface area (Å²) >= 11 is 12.7.